The van der Waals surface area contributed by atoms with Gasteiger partial charge in [-0.1, -0.05) is 0 Å². The molecule has 1 rings (SSSR count). The van der Waals surface area contributed by atoms with Gasteiger partial charge in [0, 0.05) is 31.0 Å². The van der Waals surface area contributed by atoms with Crippen molar-refractivity contribution in [3.63, 3.8) is 0 Å². The first-order valence-corrected chi connectivity index (χ1v) is 7.71. The summed E-state index contributed by atoms with van der Waals surface area (Å²) in [6, 6.07) is 0. The molecule has 1 heterocycles. The summed E-state index contributed by atoms with van der Waals surface area (Å²) in [7, 11) is -0.977. The van der Waals surface area contributed by atoms with Crippen molar-refractivity contribution >= 4 is 21.2 Å². The zero-order valence-corrected chi connectivity index (χ0v) is 10.6. The number of thiazole rings is 1. The Balaban J connectivity index is 2.46. The molecule has 0 aliphatic rings. The van der Waals surface area contributed by atoms with Gasteiger partial charge in [-0.3, -0.25) is 0 Å². The van der Waals surface area contributed by atoms with Crippen LogP contribution < -0.4 is 5.32 Å². The molecule has 86 valence electrons. The Morgan fingerprint density at radius 1 is 1.47 bits per heavy atom. The summed E-state index contributed by atoms with van der Waals surface area (Å²) in [6.45, 7) is 0.902. The van der Waals surface area contributed by atoms with Gasteiger partial charge in [0.2, 0.25) is 0 Å². The van der Waals surface area contributed by atoms with Crippen LogP contribution in [-0.2, 0) is 22.7 Å². The monoisotopic (exact) mass is 248 g/mol. The number of aromatic nitrogens is 1. The molecule has 0 aromatic carbocycles. The van der Waals surface area contributed by atoms with E-state index in [0.29, 0.717) is 6.42 Å². The molecule has 0 saturated carbocycles. The number of sulfone groups is 1. The van der Waals surface area contributed by atoms with E-state index in [1.165, 1.54) is 6.26 Å². The molecule has 1 aromatic heterocycles. The summed E-state index contributed by atoms with van der Waals surface area (Å²) in [5, 5.41) is 6.06. The Kier molecular flexibility index (Phi) is 4.69. The van der Waals surface area contributed by atoms with Crippen LogP contribution in [0.2, 0.25) is 0 Å². The van der Waals surface area contributed by atoms with E-state index in [9.17, 15) is 8.42 Å². The highest BCUT2D eigenvalue weighted by Gasteiger charge is 2.06. The highest BCUT2D eigenvalue weighted by Crippen LogP contribution is 2.11. The van der Waals surface area contributed by atoms with E-state index in [1.54, 1.807) is 11.3 Å². The average molecular weight is 248 g/mol. The normalized spacial score (nSPS) is 11.9. The molecule has 0 unspecified atom stereocenters. The number of hydrogen-bond acceptors (Lipinski definition) is 5. The Morgan fingerprint density at radius 3 is 2.80 bits per heavy atom. The lowest BCUT2D eigenvalue weighted by atomic mass is 10.4. The quantitative estimate of drug-likeness (QED) is 0.796. The molecule has 15 heavy (non-hydrogen) atoms. The van der Waals surface area contributed by atoms with Crippen LogP contribution >= 0.6 is 11.3 Å². The second-order valence-corrected chi connectivity index (χ2v) is 6.67. The van der Waals surface area contributed by atoms with Crippen LogP contribution in [0, 0.1) is 0 Å². The van der Waals surface area contributed by atoms with Crippen molar-refractivity contribution in [1.29, 1.82) is 0 Å². The summed E-state index contributed by atoms with van der Waals surface area (Å²) < 4.78 is 21.9. The van der Waals surface area contributed by atoms with Crippen molar-refractivity contribution in [1.82, 2.24) is 10.3 Å². The highest BCUT2D eigenvalue weighted by molar-refractivity contribution is 7.90. The fourth-order valence-corrected chi connectivity index (χ4v) is 2.51. The summed E-state index contributed by atoms with van der Waals surface area (Å²) in [4.78, 5) is 4.36. The molecule has 0 atom stereocenters. The van der Waals surface area contributed by atoms with Gasteiger partial charge >= 0.3 is 0 Å². The minimum atomic E-state index is -2.88. The highest BCUT2D eigenvalue weighted by atomic mass is 32.2. The number of nitrogens with one attached hydrogen (secondary N) is 1. The van der Waals surface area contributed by atoms with Gasteiger partial charge in [0.05, 0.1) is 16.5 Å². The average Bonchev–Trinajstić information content (AvgIpc) is 2.58. The van der Waals surface area contributed by atoms with Crippen LogP contribution in [0.3, 0.4) is 0 Å². The van der Waals surface area contributed by atoms with Crippen LogP contribution in [0.15, 0.2) is 5.38 Å². The predicted octanol–water partition coefficient (Wildman–Crippen LogP) is 0.492. The number of nitrogens with zero attached hydrogens (tertiary/aromatic N) is 1. The fraction of sp³-hybridized carbons (Fsp3) is 0.667. The fourth-order valence-electron chi connectivity index (χ4n) is 1.10. The SMILES string of the molecule is CNCCc1nc(CCS(C)(=O)=O)cs1. The van der Waals surface area contributed by atoms with Gasteiger partial charge < -0.3 is 5.32 Å². The van der Waals surface area contributed by atoms with Crippen molar-refractivity contribution in [3.05, 3.63) is 16.1 Å². The zero-order valence-electron chi connectivity index (χ0n) is 8.99. The Bertz CT molecular complexity index is 398. The van der Waals surface area contributed by atoms with Crippen LogP contribution in [-0.4, -0.2) is 39.0 Å². The molecular weight excluding hydrogens is 232 g/mol. The lowest BCUT2D eigenvalue weighted by Crippen LogP contribution is -2.10. The van der Waals surface area contributed by atoms with E-state index >= 15 is 0 Å². The molecular formula is C9H16N2O2S2. The molecule has 6 heteroatoms. The number of likely N-dealkylation sites (N-methyl/N-ethyl adjacent to an activating group) is 1. The number of hydrogen-bond donors (Lipinski definition) is 1. The second kappa shape index (κ2) is 5.58. The zero-order chi connectivity index (χ0) is 11.3. The van der Waals surface area contributed by atoms with Crippen molar-refractivity contribution < 1.29 is 8.42 Å². The predicted molar refractivity (Wildman–Crippen MR) is 63.2 cm³/mol. The molecule has 4 nitrogen and oxygen atoms in total. The summed E-state index contributed by atoms with van der Waals surface area (Å²) in [6.07, 6.45) is 2.68. The third-order valence-electron chi connectivity index (χ3n) is 1.92. The molecule has 0 spiro atoms. The molecule has 0 aliphatic heterocycles. The van der Waals surface area contributed by atoms with Crippen molar-refractivity contribution in [2.24, 2.45) is 0 Å². The van der Waals surface area contributed by atoms with Gasteiger partial charge in [0.15, 0.2) is 0 Å². The van der Waals surface area contributed by atoms with Crippen LogP contribution in [0.5, 0.6) is 0 Å². The topological polar surface area (TPSA) is 59.1 Å². The molecule has 0 fully saturated rings. The number of rotatable bonds is 6. The lowest BCUT2D eigenvalue weighted by molar-refractivity contribution is 0.601. The van der Waals surface area contributed by atoms with E-state index in [4.69, 9.17) is 0 Å². The molecule has 0 bridgehead atoms. The first kappa shape index (κ1) is 12.6. The van der Waals surface area contributed by atoms with Gasteiger partial charge in [0.1, 0.15) is 9.84 Å². The molecule has 1 aromatic rings. The first-order valence-electron chi connectivity index (χ1n) is 4.77. The molecule has 0 saturated heterocycles. The van der Waals surface area contributed by atoms with Crippen molar-refractivity contribution in [3.8, 4) is 0 Å². The summed E-state index contributed by atoms with van der Waals surface area (Å²) in [5.74, 6) is 0.183. The van der Waals surface area contributed by atoms with Crippen molar-refractivity contribution in [2.75, 3.05) is 25.6 Å². The smallest absolute Gasteiger partial charge is 0.147 e. The number of aryl methyl sites for hydroxylation is 1. The summed E-state index contributed by atoms with van der Waals surface area (Å²) >= 11 is 1.59. The van der Waals surface area contributed by atoms with E-state index in [1.807, 2.05) is 12.4 Å². The van der Waals surface area contributed by atoms with Gasteiger partial charge in [-0.2, -0.15) is 0 Å². The van der Waals surface area contributed by atoms with Crippen LogP contribution in [0.25, 0.3) is 0 Å². The van der Waals surface area contributed by atoms with E-state index in [0.717, 1.165) is 23.7 Å². The minimum absolute atomic E-state index is 0.183. The maximum absolute atomic E-state index is 10.9. The van der Waals surface area contributed by atoms with Gasteiger partial charge in [-0.15, -0.1) is 11.3 Å². The largest absolute Gasteiger partial charge is 0.319 e. The van der Waals surface area contributed by atoms with Gasteiger partial charge in [-0.25, -0.2) is 13.4 Å². The third-order valence-corrected chi connectivity index (χ3v) is 3.82. The van der Waals surface area contributed by atoms with E-state index in [2.05, 4.69) is 10.3 Å². The second-order valence-electron chi connectivity index (χ2n) is 3.47. The van der Waals surface area contributed by atoms with E-state index in [-0.39, 0.29) is 5.75 Å². The van der Waals surface area contributed by atoms with Gasteiger partial charge in [-0.05, 0) is 7.05 Å². The Hall–Kier alpha value is -0.460. The van der Waals surface area contributed by atoms with E-state index < -0.39 is 9.84 Å². The standard InChI is InChI=1S/C9H16N2O2S2/c1-10-5-3-9-11-8(7-14-9)4-6-15(2,12)13/h7,10H,3-6H2,1-2H3. The maximum atomic E-state index is 10.9. The minimum Gasteiger partial charge on any atom is -0.319 e. The van der Waals surface area contributed by atoms with Gasteiger partial charge in [0.25, 0.3) is 0 Å². The molecule has 1 N–H and O–H groups in total. The summed E-state index contributed by atoms with van der Waals surface area (Å²) in [5.41, 5.74) is 0.886. The maximum Gasteiger partial charge on any atom is 0.147 e. The van der Waals surface area contributed by atoms with Crippen molar-refractivity contribution in [2.45, 2.75) is 12.8 Å². The Morgan fingerprint density at radius 2 is 2.20 bits per heavy atom. The molecule has 0 amide bonds. The lowest BCUT2D eigenvalue weighted by Gasteiger charge is -1.95. The van der Waals surface area contributed by atoms with Crippen LogP contribution in [0.4, 0.5) is 0 Å². The Labute approximate surface area is 94.7 Å². The molecule has 0 radical (unpaired) electrons. The third kappa shape index (κ3) is 5.25. The first-order chi connectivity index (χ1) is 7.01. The molecule has 0 aliphatic carbocycles. The van der Waals surface area contributed by atoms with Crippen LogP contribution in [0.1, 0.15) is 10.7 Å².